The molecule has 4 rings (SSSR count). The van der Waals surface area contributed by atoms with Crippen LogP contribution in [-0.2, 0) is 4.79 Å². The Bertz CT molecular complexity index is 968. The Balaban J connectivity index is 1.41. The average molecular weight is 418 g/mol. The van der Waals surface area contributed by atoms with E-state index in [-0.39, 0.29) is 38.3 Å². The molecule has 0 aliphatic carbocycles. The number of alkyl halides is 3. The van der Waals surface area contributed by atoms with E-state index in [4.69, 9.17) is 0 Å². The van der Waals surface area contributed by atoms with Crippen molar-refractivity contribution >= 4 is 28.5 Å². The standard InChI is InChI=1S/C22H21F3N2O3/c23-22(24,25)15-7-3-11-26(13-15)18(28)10-4-12-27-20(29)16-8-1-5-14-6-2-9-17(19(14)16)21(27)30/h1-2,5-6,8-9,15H,3-4,7,10-13H2. The summed E-state index contributed by atoms with van der Waals surface area (Å²) in [6.45, 7) is 0.0340. The van der Waals surface area contributed by atoms with Crippen molar-refractivity contribution in [3.8, 4) is 0 Å². The molecule has 0 bridgehead atoms. The summed E-state index contributed by atoms with van der Waals surface area (Å²) in [7, 11) is 0. The molecule has 3 amide bonds. The van der Waals surface area contributed by atoms with E-state index in [0.717, 1.165) is 10.3 Å². The first-order valence-corrected chi connectivity index (χ1v) is 10.00. The van der Waals surface area contributed by atoms with Crippen LogP contribution in [0.15, 0.2) is 36.4 Å². The third-order valence-electron chi connectivity index (χ3n) is 5.87. The highest BCUT2D eigenvalue weighted by Crippen LogP contribution is 2.33. The van der Waals surface area contributed by atoms with E-state index < -0.39 is 23.9 Å². The van der Waals surface area contributed by atoms with Crippen molar-refractivity contribution in [3.63, 3.8) is 0 Å². The van der Waals surface area contributed by atoms with Gasteiger partial charge in [0.15, 0.2) is 0 Å². The number of piperidine rings is 1. The monoisotopic (exact) mass is 418 g/mol. The second-order valence-corrected chi connectivity index (χ2v) is 7.80. The molecule has 1 fully saturated rings. The van der Waals surface area contributed by atoms with Crippen molar-refractivity contribution in [2.24, 2.45) is 5.92 Å². The number of carbonyl (C=O) groups excluding carboxylic acids is 3. The number of hydrogen-bond donors (Lipinski definition) is 0. The van der Waals surface area contributed by atoms with Gasteiger partial charge in [0.2, 0.25) is 5.91 Å². The van der Waals surface area contributed by atoms with Gasteiger partial charge in [-0.2, -0.15) is 13.2 Å². The second kappa shape index (κ2) is 7.74. The maximum Gasteiger partial charge on any atom is 0.393 e. The van der Waals surface area contributed by atoms with Crippen LogP contribution in [0.25, 0.3) is 10.8 Å². The molecule has 2 aromatic rings. The summed E-state index contributed by atoms with van der Waals surface area (Å²) in [6.07, 6.45) is -3.75. The summed E-state index contributed by atoms with van der Waals surface area (Å²) in [5, 5.41) is 1.44. The lowest BCUT2D eigenvalue weighted by atomic mass is 9.94. The van der Waals surface area contributed by atoms with Gasteiger partial charge in [-0.25, -0.2) is 0 Å². The maximum absolute atomic E-state index is 13.0. The topological polar surface area (TPSA) is 57.7 Å². The minimum atomic E-state index is -4.31. The lowest BCUT2D eigenvalue weighted by molar-refractivity contribution is -0.188. The number of imide groups is 1. The molecule has 0 spiro atoms. The molecule has 0 saturated carbocycles. The van der Waals surface area contributed by atoms with Crippen LogP contribution in [0.1, 0.15) is 46.4 Å². The zero-order chi connectivity index (χ0) is 21.5. The van der Waals surface area contributed by atoms with E-state index in [9.17, 15) is 27.6 Å². The molecule has 0 aromatic heterocycles. The summed E-state index contributed by atoms with van der Waals surface area (Å²) in [6, 6.07) is 10.5. The zero-order valence-corrected chi connectivity index (χ0v) is 16.2. The van der Waals surface area contributed by atoms with Gasteiger partial charge in [0.05, 0.1) is 5.92 Å². The summed E-state index contributed by atoms with van der Waals surface area (Å²) in [4.78, 5) is 40.4. The highest BCUT2D eigenvalue weighted by atomic mass is 19.4. The van der Waals surface area contributed by atoms with E-state index in [0.29, 0.717) is 29.5 Å². The molecule has 2 aliphatic rings. The Kier molecular flexibility index (Phi) is 5.26. The normalized spacial score (nSPS) is 19.5. The third kappa shape index (κ3) is 3.66. The fourth-order valence-corrected chi connectivity index (χ4v) is 4.30. The molecule has 0 N–H and O–H groups in total. The number of likely N-dealkylation sites (tertiary alicyclic amines) is 1. The van der Waals surface area contributed by atoms with Gasteiger partial charge in [0.1, 0.15) is 0 Å². The lowest BCUT2D eigenvalue weighted by Crippen LogP contribution is -2.45. The number of benzene rings is 2. The number of amides is 3. The zero-order valence-electron chi connectivity index (χ0n) is 16.2. The van der Waals surface area contributed by atoms with Gasteiger partial charge in [-0.05, 0) is 36.8 Å². The Morgan fingerprint density at radius 3 is 2.27 bits per heavy atom. The van der Waals surface area contributed by atoms with Crippen LogP contribution in [0.3, 0.4) is 0 Å². The van der Waals surface area contributed by atoms with Crippen molar-refractivity contribution < 1.29 is 27.6 Å². The van der Waals surface area contributed by atoms with E-state index >= 15 is 0 Å². The van der Waals surface area contributed by atoms with Gasteiger partial charge < -0.3 is 4.90 Å². The van der Waals surface area contributed by atoms with E-state index in [1.54, 1.807) is 24.3 Å². The molecule has 1 saturated heterocycles. The highest BCUT2D eigenvalue weighted by molar-refractivity contribution is 6.25. The number of carbonyl (C=O) groups is 3. The first kappa shape index (κ1) is 20.4. The summed E-state index contributed by atoms with van der Waals surface area (Å²) in [5.74, 6) is -2.68. The first-order chi connectivity index (χ1) is 14.3. The van der Waals surface area contributed by atoms with E-state index in [2.05, 4.69) is 0 Å². The SMILES string of the molecule is O=C(CCCN1C(=O)c2cccc3cccc(c23)C1=O)N1CCCC(C(F)(F)F)C1. The van der Waals surface area contributed by atoms with Crippen molar-refractivity contribution in [2.75, 3.05) is 19.6 Å². The number of nitrogens with zero attached hydrogens (tertiary/aromatic N) is 2. The van der Waals surface area contributed by atoms with Gasteiger partial charge in [-0.3, -0.25) is 19.3 Å². The Hall–Kier alpha value is -2.90. The number of hydrogen-bond acceptors (Lipinski definition) is 3. The molecular formula is C22H21F3N2O3. The highest BCUT2D eigenvalue weighted by Gasteiger charge is 2.42. The molecule has 1 unspecified atom stereocenters. The van der Waals surface area contributed by atoms with Gasteiger partial charge in [-0.1, -0.05) is 24.3 Å². The molecule has 2 heterocycles. The fraction of sp³-hybridized carbons (Fsp3) is 0.409. The first-order valence-electron chi connectivity index (χ1n) is 10.00. The molecule has 2 aliphatic heterocycles. The average Bonchev–Trinajstić information content (AvgIpc) is 2.73. The minimum absolute atomic E-state index is 0.00646. The van der Waals surface area contributed by atoms with Crippen LogP contribution in [0.2, 0.25) is 0 Å². The van der Waals surface area contributed by atoms with E-state index in [1.165, 1.54) is 4.90 Å². The van der Waals surface area contributed by atoms with Crippen molar-refractivity contribution in [2.45, 2.75) is 31.9 Å². The Morgan fingerprint density at radius 2 is 1.67 bits per heavy atom. The predicted molar refractivity (Wildman–Crippen MR) is 104 cm³/mol. The number of rotatable bonds is 4. The molecule has 0 radical (unpaired) electrons. The minimum Gasteiger partial charge on any atom is -0.342 e. The van der Waals surface area contributed by atoms with Crippen LogP contribution in [-0.4, -0.2) is 53.3 Å². The molecule has 158 valence electrons. The molecule has 1 atom stereocenters. The van der Waals surface area contributed by atoms with Crippen molar-refractivity contribution in [3.05, 3.63) is 47.5 Å². The summed E-state index contributed by atoms with van der Waals surface area (Å²) >= 11 is 0. The maximum atomic E-state index is 13.0. The van der Waals surface area contributed by atoms with Gasteiger partial charge >= 0.3 is 6.18 Å². The molecular weight excluding hydrogens is 397 g/mol. The van der Waals surface area contributed by atoms with Gasteiger partial charge in [0, 0.05) is 42.6 Å². The molecule has 5 nitrogen and oxygen atoms in total. The third-order valence-corrected chi connectivity index (χ3v) is 5.87. The van der Waals surface area contributed by atoms with Crippen molar-refractivity contribution in [1.29, 1.82) is 0 Å². The van der Waals surface area contributed by atoms with Crippen LogP contribution in [0.4, 0.5) is 13.2 Å². The van der Waals surface area contributed by atoms with E-state index in [1.807, 2.05) is 12.1 Å². The Morgan fingerprint density at radius 1 is 1.03 bits per heavy atom. The van der Waals surface area contributed by atoms with Crippen LogP contribution in [0, 0.1) is 5.92 Å². The van der Waals surface area contributed by atoms with Crippen LogP contribution < -0.4 is 0 Å². The number of halogens is 3. The lowest BCUT2D eigenvalue weighted by Gasteiger charge is -2.34. The van der Waals surface area contributed by atoms with Gasteiger partial charge in [0.25, 0.3) is 11.8 Å². The fourth-order valence-electron chi connectivity index (χ4n) is 4.30. The molecule has 2 aromatic carbocycles. The van der Waals surface area contributed by atoms with Gasteiger partial charge in [-0.15, -0.1) is 0 Å². The summed E-state index contributed by atoms with van der Waals surface area (Å²) in [5.41, 5.74) is 0.885. The molecule has 8 heteroatoms. The van der Waals surface area contributed by atoms with Crippen LogP contribution >= 0.6 is 0 Å². The second-order valence-electron chi connectivity index (χ2n) is 7.80. The summed E-state index contributed by atoms with van der Waals surface area (Å²) < 4.78 is 38.9. The largest absolute Gasteiger partial charge is 0.393 e. The quantitative estimate of drug-likeness (QED) is 0.705. The van der Waals surface area contributed by atoms with Crippen LogP contribution in [0.5, 0.6) is 0 Å². The Labute approximate surface area is 171 Å². The molecule has 30 heavy (non-hydrogen) atoms. The smallest absolute Gasteiger partial charge is 0.342 e. The van der Waals surface area contributed by atoms with Crippen molar-refractivity contribution in [1.82, 2.24) is 9.80 Å². The predicted octanol–water partition coefficient (Wildman–Crippen LogP) is 4.02.